The summed E-state index contributed by atoms with van der Waals surface area (Å²) in [6.45, 7) is 0. The summed E-state index contributed by atoms with van der Waals surface area (Å²) in [5.41, 5.74) is 1.09. The second kappa shape index (κ2) is 3.93. The van der Waals surface area contributed by atoms with E-state index in [0.717, 1.165) is 18.4 Å². The molecule has 0 saturated carbocycles. The molecule has 60 valence electrons. The highest BCUT2D eigenvalue weighted by Gasteiger charge is 2.05. The van der Waals surface area contributed by atoms with Crippen LogP contribution in [0.3, 0.4) is 0 Å². The largest absolute Gasteiger partial charge is 0.373 e. The van der Waals surface area contributed by atoms with Gasteiger partial charge in [0.25, 0.3) is 0 Å². The number of allylic oxidation sites excluding steroid dienone is 3. The first-order valence-electron chi connectivity index (χ1n) is 3.55. The van der Waals surface area contributed by atoms with Crippen LogP contribution in [-0.2, 0) is 9.63 Å². The Morgan fingerprint density at radius 3 is 3.00 bits per heavy atom. The first-order valence-corrected chi connectivity index (χ1v) is 3.55. The van der Waals surface area contributed by atoms with E-state index in [1.54, 1.807) is 0 Å². The normalized spacial score (nSPS) is 15.9. The summed E-state index contributed by atoms with van der Waals surface area (Å²) < 4.78 is 0. The predicted molar refractivity (Wildman–Crippen MR) is 41.4 cm³/mol. The molecular formula is C8H11NO2. The first kappa shape index (κ1) is 8.01. The second-order valence-corrected chi connectivity index (χ2v) is 2.44. The molecule has 0 aromatic heterocycles. The van der Waals surface area contributed by atoms with Crippen LogP contribution in [0.4, 0.5) is 0 Å². The Kier molecular flexibility index (Phi) is 2.86. The molecule has 1 aliphatic carbocycles. The van der Waals surface area contributed by atoms with Crippen molar-refractivity contribution in [1.82, 2.24) is 0 Å². The van der Waals surface area contributed by atoms with Crippen molar-refractivity contribution in [3.05, 3.63) is 23.8 Å². The summed E-state index contributed by atoms with van der Waals surface area (Å²) in [6, 6.07) is 0. The molecule has 0 spiro atoms. The van der Waals surface area contributed by atoms with Crippen molar-refractivity contribution >= 4 is 5.97 Å². The third kappa shape index (κ3) is 2.55. The minimum absolute atomic E-state index is 0.320. The van der Waals surface area contributed by atoms with E-state index in [9.17, 15) is 4.79 Å². The maximum absolute atomic E-state index is 10.7. The van der Waals surface area contributed by atoms with E-state index in [0.29, 0.717) is 6.42 Å². The lowest BCUT2D eigenvalue weighted by atomic mass is 10.0. The average Bonchev–Trinajstić information content (AvgIpc) is 2.06. The topological polar surface area (TPSA) is 52.3 Å². The van der Waals surface area contributed by atoms with E-state index < -0.39 is 0 Å². The van der Waals surface area contributed by atoms with Crippen molar-refractivity contribution in [2.75, 3.05) is 0 Å². The SMILES string of the molecule is NOC(=O)CC1=CCC=CC1. The molecule has 0 unspecified atom stereocenters. The van der Waals surface area contributed by atoms with E-state index in [1.165, 1.54) is 0 Å². The molecule has 11 heavy (non-hydrogen) atoms. The molecule has 0 aromatic carbocycles. The number of carbonyl (C=O) groups is 1. The van der Waals surface area contributed by atoms with Gasteiger partial charge in [-0.1, -0.05) is 23.8 Å². The lowest BCUT2D eigenvalue weighted by Gasteiger charge is -2.05. The smallest absolute Gasteiger partial charge is 0.328 e. The molecule has 0 heterocycles. The lowest BCUT2D eigenvalue weighted by Crippen LogP contribution is -2.10. The van der Waals surface area contributed by atoms with Gasteiger partial charge in [-0.05, 0) is 12.8 Å². The van der Waals surface area contributed by atoms with Crippen molar-refractivity contribution in [2.45, 2.75) is 19.3 Å². The van der Waals surface area contributed by atoms with Gasteiger partial charge >= 0.3 is 5.97 Å². The third-order valence-electron chi connectivity index (χ3n) is 1.59. The molecule has 2 N–H and O–H groups in total. The number of carbonyl (C=O) groups excluding carboxylic acids is 1. The van der Waals surface area contributed by atoms with Crippen LogP contribution in [-0.4, -0.2) is 5.97 Å². The van der Waals surface area contributed by atoms with Crippen molar-refractivity contribution in [2.24, 2.45) is 5.90 Å². The van der Waals surface area contributed by atoms with Gasteiger partial charge in [0, 0.05) is 0 Å². The van der Waals surface area contributed by atoms with Gasteiger partial charge in [0.05, 0.1) is 6.42 Å². The Labute approximate surface area is 65.5 Å². The van der Waals surface area contributed by atoms with Crippen LogP contribution in [0.15, 0.2) is 23.8 Å². The quantitative estimate of drug-likeness (QED) is 0.477. The van der Waals surface area contributed by atoms with Crippen LogP contribution in [0.1, 0.15) is 19.3 Å². The molecule has 1 aliphatic rings. The van der Waals surface area contributed by atoms with Crippen molar-refractivity contribution < 1.29 is 9.63 Å². The summed E-state index contributed by atoms with van der Waals surface area (Å²) >= 11 is 0. The minimum atomic E-state index is -0.369. The summed E-state index contributed by atoms with van der Waals surface area (Å²) in [6.07, 6.45) is 8.20. The number of rotatable bonds is 2. The fourth-order valence-electron chi connectivity index (χ4n) is 1.02. The molecule has 0 aromatic rings. The highest BCUT2D eigenvalue weighted by atomic mass is 16.7. The molecule has 0 fully saturated rings. The Morgan fingerprint density at radius 2 is 2.45 bits per heavy atom. The summed E-state index contributed by atoms with van der Waals surface area (Å²) in [7, 11) is 0. The van der Waals surface area contributed by atoms with Crippen LogP contribution in [0.2, 0.25) is 0 Å². The molecule has 0 atom stereocenters. The Morgan fingerprint density at radius 1 is 1.64 bits per heavy atom. The van der Waals surface area contributed by atoms with Crippen LogP contribution in [0.25, 0.3) is 0 Å². The molecule has 0 bridgehead atoms. The van der Waals surface area contributed by atoms with Gasteiger partial charge in [-0.25, -0.2) is 0 Å². The van der Waals surface area contributed by atoms with E-state index in [2.05, 4.69) is 10.9 Å². The van der Waals surface area contributed by atoms with Gasteiger partial charge < -0.3 is 4.84 Å². The Balaban J connectivity index is 2.37. The molecule has 3 nitrogen and oxygen atoms in total. The van der Waals surface area contributed by atoms with E-state index in [4.69, 9.17) is 5.90 Å². The van der Waals surface area contributed by atoms with Gasteiger partial charge in [-0.2, -0.15) is 5.90 Å². The molecule has 0 aliphatic heterocycles. The first-order chi connectivity index (χ1) is 5.33. The van der Waals surface area contributed by atoms with E-state index >= 15 is 0 Å². The number of hydrogen-bond donors (Lipinski definition) is 1. The maximum Gasteiger partial charge on any atom is 0.328 e. The van der Waals surface area contributed by atoms with E-state index in [1.807, 2.05) is 12.2 Å². The lowest BCUT2D eigenvalue weighted by molar-refractivity contribution is -0.143. The Bertz CT molecular complexity index is 206. The standard InChI is InChI=1S/C8H11NO2/c9-11-8(10)6-7-4-2-1-3-5-7/h1-2,5H,3-4,6,9H2. The highest BCUT2D eigenvalue weighted by molar-refractivity contribution is 5.72. The minimum Gasteiger partial charge on any atom is -0.373 e. The average molecular weight is 153 g/mol. The molecule has 0 amide bonds. The van der Waals surface area contributed by atoms with Gasteiger partial charge in [0.1, 0.15) is 0 Å². The molecule has 3 heteroatoms. The van der Waals surface area contributed by atoms with E-state index in [-0.39, 0.29) is 5.97 Å². The van der Waals surface area contributed by atoms with Crippen LogP contribution in [0, 0.1) is 0 Å². The van der Waals surface area contributed by atoms with Crippen molar-refractivity contribution in [3.8, 4) is 0 Å². The van der Waals surface area contributed by atoms with Crippen LogP contribution < -0.4 is 5.90 Å². The fraction of sp³-hybridized carbons (Fsp3) is 0.375. The van der Waals surface area contributed by atoms with Gasteiger partial charge in [0.15, 0.2) is 0 Å². The summed E-state index contributed by atoms with van der Waals surface area (Å²) in [5, 5.41) is 0. The molecule has 1 rings (SSSR count). The molecule has 0 radical (unpaired) electrons. The zero-order chi connectivity index (χ0) is 8.10. The highest BCUT2D eigenvalue weighted by Crippen LogP contribution is 2.14. The fourth-order valence-corrected chi connectivity index (χ4v) is 1.02. The van der Waals surface area contributed by atoms with Crippen LogP contribution >= 0.6 is 0 Å². The molecule has 0 saturated heterocycles. The van der Waals surface area contributed by atoms with Gasteiger partial charge in [0.2, 0.25) is 0 Å². The third-order valence-corrected chi connectivity index (χ3v) is 1.59. The maximum atomic E-state index is 10.7. The zero-order valence-corrected chi connectivity index (χ0v) is 6.25. The van der Waals surface area contributed by atoms with Gasteiger partial charge in [-0.3, -0.25) is 4.79 Å². The molecular weight excluding hydrogens is 142 g/mol. The van der Waals surface area contributed by atoms with Gasteiger partial charge in [-0.15, -0.1) is 0 Å². The monoisotopic (exact) mass is 153 g/mol. The second-order valence-electron chi connectivity index (χ2n) is 2.44. The number of hydrogen-bond acceptors (Lipinski definition) is 3. The summed E-state index contributed by atoms with van der Waals surface area (Å²) in [4.78, 5) is 14.7. The predicted octanol–water partition coefficient (Wildman–Crippen LogP) is 1.07. The Hall–Kier alpha value is -1.09. The zero-order valence-electron chi connectivity index (χ0n) is 6.25. The van der Waals surface area contributed by atoms with Crippen LogP contribution in [0.5, 0.6) is 0 Å². The number of nitrogens with two attached hydrogens (primary N) is 1. The summed E-state index contributed by atoms with van der Waals surface area (Å²) in [5.74, 6) is 4.33. The van der Waals surface area contributed by atoms with Crippen molar-refractivity contribution in [3.63, 3.8) is 0 Å². The van der Waals surface area contributed by atoms with Crippen molar-refractivity contribution in [1.29, 1.82) is 0 Å².